The largest absolute Gasteiger partial charge is 0.444 e. The molecule has 2 aromatic rings. The number of fused-ring (bicyclic) bond motifs is 1. The molecule has 0 aliphatic carbocycles. The summed E-state index contributed by atoms with van der Waals surface area (Å²) in [6.45, 7) is 18.3. The van der Waals surface area contributed by atoms with E-state index in [0.717, 1.165) is 6.04 Å². The van der Waals surface area contributed by atoms with Crippen molar-refractivity contribution in [1.29, 1.82) is 0 Å². The Kier molecular flexibility index (Phi) is 8.24. The van der Waals surface area contributed by atoms with E-state index in [2.05, 4.69) is 29.6 Å². The van der Waals surface area contributed by atoms with Crippen molar-refractivity contribution in [2.45, 2.75) is 97.8 Å². The molecular weight excluding hydrogens is 503 g/mol. The van der Waals surface area contributed by atoms with Gasteiger partial charge in [0.2, 0.25) is 0 Å². The summed E-state index contributed by atoms with van der Waals surface area (Å²) in [5.74, 6) is 0.212. The molecule has 0 N–H and O–H groups in total. The normalized spacial score (nSPS) is 19.6. The van der Waals surface area contributed by atoms with E-state index < -0.39 is 31.5 Å². The second-order valence-corrected chi connectivity index (χ2v) is 17.7. The van der Waals surface area contributed by atoms with Crippen LogP contribution in [-0.2, 0) is 22.4 Å². The Bertz CT molecular complexity index is 1120. The highest BCUT2D eigenvalue weighted by molar-refractivity contribution is 6.76. The number of hydrogen-bond donors (Lipinski definition) is 0. The first-order valence-electron chi connectivity index (χ1n) is 12.7. The Labute approximate surface area is 218 Å². The number of hydrogen-bond acceptors (Lipinski definition) is 6. The summed E-state index contributed by atoms with van der Waals surface area (Å²) < 4.78 is 56.0. The second kappa shape index (κ2) is 10.4. The van der Waals surface area contributed by atoms with Gasteiger partial charge in [0, 0.05) is 45.5 Å². The van der Waals surface area contributed by atoms with Crippen LogP contribution in [-0.4, -0.2) is 71.0 Å². The van der Waals surface area contributed by atoms with E-state index in [1.807, 2.05) is 18.7 Å². The van der Waals surface area contributed by atoms with E-state index >= 15 is 0 Å². The lowest BCUT2D eigenvalue weighted by atomic mass is 10.1. The number of nitrogens with zero attached hydrogens (tertiary/aromatic N) is 5. The molecule has 3 rings (SSSR count). The third-order valence-electron chi connectivity index (χ3n) is 6.47. The van der Waals surface area contributed by atoms with Gasteiger partial charge in [0.25, 0.3) is 0 Å². The van der Waals surface area contributed by atoms with Crippen LogP contribution >= 0.6 is 0 Å². The quantitative estimate of drug-likeness (QED) is 0.333. The standard InChI is InChI=1S/C25H40F3N5O3Si/c1-16-13-32(23(34)36-24(4,5)6)17(2)12-31(16)21-19-20(25(26,27)28)18(3)33(22(19)30-14-29-21)15-35-10-11-37(7,8)9/h14,16-17H,10-13,15H2,1-9H3/t16-,17+/m0/s1. The average Bonchev–Trinajstić information content (AvgIpc) is 3.02. The highest BCUT2D eigenvalue weighted by Gasteiger charge is 2.42. The molecule has 0 aromatic carbocycles. The van der Waals surface area contributed by atoms with Crippen LogP contribution in [0.2, 0.25) is 25.7 Å². The highest BCUT2D eigenvalue weighted by atomic mass is 28.3. The van der Waals surface area contributed by atoms with Gasteiger partial charge in [-0.05, 0) is 47.6 Å². The fourth-order valence-electron chi connectivity index (χ4n) is 4.52. The van der Waals surface area contributed by atoms with Crippen molar-refractivity contribution in [3.05, 3.63) is 17.6 Å². The first-order valence-corrected chi connectivity index (χ1v) is 16.4. The number of aromatic nitrogens is 3. The maximum absolute atomic E-state index is 14.4. The minimum absolute atomic E-state index is 0.0161. The fourth-order valence-corrected chi connectivity index (χ4v) is 5.28. The molecule has 3 heterocycles. The van der Waals surface area contributed by atoms with Crippen LogP contribution in [0.3, 0.4) is 0 Å². The molecule has 0 bridgehead atoms. The van der Waals surface area contributed by atoms with E-state index in [-0.39, 0.29) is 41.4 Å². The van der Waals surface area contributed by atoms with Gasteiger partial charge in [-0.15, -0.1) is 0 Å². The number of carbonyl (C=O) groups excluding carboxylic acids is 1. The topological polar surface area (TPSA) is 72.7 Å². The summed E-state index contributed by atoms with van der Waals surface area (Å²) in [5.41, 5.74) is -1.15. The summed E-state index contributed by atoms with van der Waals surface area (Å²) in [7, 11) is -1.34. The first-order chi connectivity index (χ1) is 16.9. The van der Waals surface area contributed by atoms with Crippen molar-refractivity contribution in [1.82, 2.24) is 19.4 Å². The minimum Gasteiger partial charge on any atom is -0.444 e. The third kappa shape index (κ3) is 6.76. The molecule has 1 saturated heterocycles. The zero-order chi connectivity index (χ0) is 27.9. The number of piperazine rings is 1. The predicted octanol–water partition coefficient (Wildman–Crippen LogP) is 5.90. The molecule has 37 heavy (non-hydrogen) atoms. The van der Waals surface area contributed by atoms with Crippen LogP contribution in [0.25, 0.3) is 11.0 Å². The first kappa shape index (κ1) is 29.2. The molecule has 0 unspecified atom stereocenters. The van der Waals surface area contributed by atoms with Crippen molar-refractivity contribution < 1.29 is 27.4 Å². The minimum atomic E-state index is -4.60. The summed E-state index contributed by atoms with van der Waals surface area (Å²) in [4.78, 5) is 24.8. The molecule has 1 aliphatic heterocycles. The SMILES string of the molecule is Cc1c(C(F)(F)F)c2c(N3C[C@@H](C)N(C(=O)OC(C)(C)C)C[C@@H]3C)ncnc2n1COCC[Si](C)(C)C. The van der Waals surface area contributed by atoms with E-state index in [1.54, 1.807) is 25.7 Å². The smallest absolute Gasteiger partial charge is 0.418 e. The molecule has 2 atom stereocenters. The van der Waals surface area contributed by atoms with Gasteiger partial charge in [0.15, 0.2) is 0 Å². The summed E-state index contributed by atoms with van der Waals surface area (Å²) in [5, 5.41) is -0.0361. The highest BCUT2D eigenvalue weighted by Crippen LogP contribution is 2.42. The van der Waals surface area contributed by atoms with E-state index in [9.17, 15) is 18.0 Å². The van der Waals surface area contributed by atoms with Crippen molar-refractivity contribution in [3.8, 4) is 0 Å². The molecule has 0 spiro atoms. The zero-order valence-corrected chi connectivity index (χ0v) is 24.4. The maximum Gasteiger partial charge on any atom is 0.418 e. The summed E-state index contributed by atoms with van der Waals surface area (Å²) >= 11 is 0. The number of alkyl halides is 3. The van der Waals surface area contributed by atoms with Crippen molar-refractivity contribution in [3.63, 3.8) is 0 Å². The van der Waals surface area contributed by atoms with Gasteiger partial charge < -0.3 is 23.8 Å². The maximum atomic E-state index is 14.4. The molecule has 0 radical (unpaired) electrons. The average molecular weight is 544 g/mol. The predicted molar refractivity (Wildman–Crippen MR) is 141 cm³/mol. The van der Waals surface area contributed by atoms with Crippen molar-refractivity contribution in [2.75, 3.05) is 24.6 Å². The van der Waals surface area contributed by atoms with Crippen LogP contribution in [0.1, 0.15) is 45.9 Å². The van der Waals surface area contributed by atoms with Gasteiger partial charge in [0.1, 0.15) is 30.1 Å². The fraction of sp³-hybridized carbons (Fsp3) is 0.720. The van der Waals surface area contributed by atoms with Gasteiger partial charge in [-0.2, -0.15) is 13.2 Å². The van der Waals surface area contributed by atoms with Crippen LogP contribution in [0.4, 0.5) is 23.8 Å². The Morgan fingerprint density at radius 1 is 1.11 bits per heavy atom. The molecular formula is C25H40F3N5O3Si. The molecule has 2 aromatic heterocycles. The lowest BCUT2D eigenvalue weighted by molar-refractivity contribution is -0.137. The van der Waals surface area contributed by atoms with E-state index in [1.165, 1.54) is 17.8 Å². The Hall–Kier alpha value is -2.34. The van der Waals surface area contributed by atoms with Crippen LogP contribution < -0.4 is 4.90 Å². The molecule has 1 aliphatic rings. The number of carbonyl (C=O) groups is 1. The number of anilines is 1. The summed E-state index contributed by atoms with van der Waals surface area (Å²) in [6, 6.07) is 0.326. The zero-order valence-electron chi connectivity index (χ0n) is 23.4. The Morgan fingerprint density at radius 3 is 2.32 bits per heavy atom. The lowest BCUT2D eigenvalue weighted by Crippen LogP contribution is -2.59. The van der Waals surface area contributed by atoms with Crippen LogP contribution in [0.15, 0.2) is 6.33 Å². The molecule has 1 amide bonds. The molecule has 8 nitrogen and oxygen atoms in total. The lowest BCUT2D eigenvalue weighted by Gasteiger charge is -2.44. The monoisotopic (exact) mass is 543 g/mol. The van der Waals surface area contributed by atoms with Gasteiger partial charge >= 0.3 is 12.3 Å². The number of amides is 1. The van der Waals surface area contributed by atoms with Crippen LogP contribution in [0.5, 0.6) is 0 Å². The van der Waals surface area contributed by atoms with Crippen LogP contribution in [0, 0.1) is 6.92 Å². The number of halogens is 3. The van der Waals surface area contributed by atoms with Gasteiger partial charge in [-0.25, -0.2) is 14.8 Å². The van der Waals surface area contributed by atoms with E-state index in [4.69, 9.17) is 9.47 Å². The second-order valence-electron chi connectivity index (χ2n) is 12.1. The van der Waals surface area contributed by atoms with Gasteiger partial charge in [-0.1, -0.05) is 19.6 Å². The Balaban J connectivity index is 1.98. The third-order valence-corrected chi connectivity index (χ3v) is 8.17. The Morgan fingerprint density at radius 2 is 1.76 bits per heavy atom. The number of rotatable bonds is 6. The van der Waals surface area contributed by atoms with Crippen molar-refractivity contribution in [2.24, 2.45) is 0 Å². The summed E-state index contributed by atoms with van der Waals surface area (Å²) in [6.07, 6.45) is -3.74. The van der Waals surface area contributed by atoms with Gasteiger partial charge in [-0.3, -0.25) is 0 Å². The molecule has 12 heteroatoms. The molecule has 208 valence electrons. The van der Waals surface area contributed by atoms with Gasteiger partial charge in [0.05, 0.1) is 10.9 Å². The molecule has 1 fully saturated rings. The van der Waals surface area contributed by atoms with Crippen molar-refractivity contribution >= 4 is 31.0 Å². The number of ether oxygens (including phenoxy) is 2. The molecule has 0 saturated carbocycles. The van der Waals surface area contributed by atoms with E-state index in [0.29, 0.717) is 19.7 Å².